The number of nitrogens with zero attached hydrogens (tertiary/aromatic N) is 2. The van der Waals surface area contributed by atoms with Gasteiger partial charge in [-0.3, -0.25) is 9.48 Å². The highest BCUT2D eigenvalue weighted by molar-refractivity contribution is 5.70. The van der Waals surface area contributed by atoms with Gasteiger partial charge in [-0.25, -0.2) is 0 Å². The Morgan fingerprint density at radius 3 is 2.60 bits per heavy atom. The van der Waals surface area contributed by atoms with Crippen LogP contribution in [0, 0.1) is 19.8 Å². The molecule has 20 heavy (non-hydrogen) atoms. The molecule has 4 nitrogen and oxygen atoms in total. The van der Waals surface area contributed by atoms with E-state index in [0.717, 1.165) is 22.5 Å². The number of carboxylic acid groups (broad SMARTS) is 1. The molecule has 1 unspecified atom stereocenters. The third-order valence-corrected chi connectivity index (χ3v) is 3.47. The van der Waals surface area contributed by atoms with Gasteiger partial charge in [-0.2, -0.15) is 5.10 Å². The summed E-state index contributed by atoms with van der Waals surface area (Å²) >= 11 is 0. The van der Waals surface area contributed by atoms with Gasteiger partial charge >= 0.3 is 5.97 Å². The molecule has 1 aromatic heterocycles. The summed E-state index contributed by atoms with van der Waals surface area (Å²) in [6, 6.07) is 9.97. The Hall–Kier alpha value is -2.10. The van der Waals surface area contributed by atoms with Crippen LogP contribution in [0.4, 0.5) is 0 Å². The van der Waals surface area contributed by atoms with E-state index in [1.54, 1.807) is 4.68 Å². The van der Waals surface area contributed by atoms with Crippen LogP contribution in [0.15, 0.2) is 30.3 Å². The molecule has 1 atom stereocenters. The van der Waals surface area contributed by atoms with Crippen LogP contribution in [0.1, 0.15) is 22.5 Å². The van der Waals surface area contributed by atoms with E-state index in [1.165, 1.54) is 0 Å². The molecule has 4 heteroatoms. The molecular weight excluding hydrogens is 252 g/mol. The van der Waals surface area contributed by atoms with E-state index in [1.807, 2.05) is 51.2 Å². The predicted molar refractivity (Wildman–Crippen MR) is 77.7 cm³/mol. The van der Waals surface area contributed by atoms with Crippen molar-refractivity contribution in [2.24, 2.45) is 13.0 Å². The van der Waals surface area contributed by atoms with E-state index in [-0.39, 0.29) is 0 Å². The summed E-state index contributed by atoms with van der Waals surface area (Å²) in [5.41, 5.74) is 4.10. The second kappa shape index (κ2) is 5.90. The van der Waals surface area contributed by atoms with Crippen molar-refractivity contribution in [1.82, 2.24) is 9.78 Å². The fraction of sp³-hybridized carbons (Fsp3) is 0.375. The topological polar surface area (TPSA) is 55.1 Å². The number of carbonyl (C=O) groups is 1. The van der Waals surface area contributed by atoms with E-state index in [0.29, 0.717) is 12.8 Å². The number of benzene rings is 1. The lowest BCUT2D eigenvalue weighted by Crippen LogP contribution is -2.20. The fourth-order valence-electron chi connectivity index (χ4n) is 2.48. The van der Waals surface area contributed by atoms with Gasteiger partial charge in [-0.1, -0.05) is 29.8 Å². The molecule has 106 valence electrons. The Balaban J connectivity index is 2.15. The minimum atomic E-state index is -0.759. The summed E-state index contributed by atoms with van der Waals surface area (Å²) in [7, 11) is 1.86. The molecule has 0 aliphatic rings. The van der Waals surface area contributed by atoms with Crippen molar-refractivity contribution in [2.45, 2.75) is 26.7 Å². The lowest BCUT2D eigenvalue weighted by Gasteiger charge is -2.13. The molecule has 1 N–H and O–H groups in total. The molecular formula is C16H20N2O2. The quantitative estimate of drug-likeness (QED) is 0.910. The van der Waals surface area contributed by atoms with E-state index < -0.39 is 11.9 Å². The molecule has 0 saturated heterocycles. The minimum Gasteiger partial charge on any atom is -0.481 e. The zero-order valence-electron chi connectivity index (χ0n) is 12.1. The Labute approximate surface area is 119 Å². The molecule has 0 radical (unpaired) electrons. The number of aliphatic carboxylic acids is 1. The molecule has 0 aliphatic heterocycles. The van der Waals surface area contributed by atoms with Crippen LogP contribution in [0.3, 0.4) is 0 Å². The van der Waals surface area contributed by atoms with Crippen LogP contribution >= 0.6 is 0 Å². The molecule has 1 heterocycles. The Kier molecular flexibility index (Phi) is 4.23. The van der Waals surface area contributed by atoms with Gasteiger partial charge in [-0.15, -0.1) is 0 Å². The fourth-order valence-corrected chi connectivity index (χ4v) is 2.48. The normalized spacial score (nSPS) is 12.3. The standard InChI is InChI=1S/C16H20N2O2/c1-11-5-4-6-13(7-11)9-14(16(19)20)10-15-8-12(2)17-18(15)3/h4-8,14H,9-10H2,1-3H3,(H,19,20). The summed E-state index contributed by atoms with van der Waals surface area (Å²) in [4.78, 5) is 11.5. The van der Waals surface area contributed by atoms with Crippen molar-refractivity contribution in [3.05, 3.63) is 52.8 Å². The van der Waals surface area contributed by atoms with Crippen molar-refractivity contribution >= 4 is 5.97 Å². The Bertz CT molecular complexity index is 617. The molecule has 0 bridgehead atoms. The van der Waals surface area contributed by atoms with E-state index in [9.17, 15) is 9.90 Å². The van der Waals surface area contributed by atoms with Crippen LogP contribution in [0.5, 0.6) is 0 Å². The summed E-state index contributed by atoms with van der Waals surface area (Å²) in [5, 5.41) is 13.7. The first kappa shape index (κ1) is 14.3. The molecule has 2 aromatic rings. The monoisotopic (exact) mass is 272 g/mol. The number of aryl methyl sites for hydroxylation is 3. The first-order valence-electron chi connectivity index (χ1n) is 6.73. The minimum absolute atomic E-state index is 0.424. The zero-order valence-corrected chi connectivity index (χ0v) is 12.1. The highest BCUT2D eigenvalue weighted by atomic mass is 16.4. The second-order valence-corrected chi connectivity index (χ2v) is 5.33. The van der Waals surface area contributed by atoms with Crippen molar-refractivity contribution in [3.8, 4) is 0 Å². The summed E-state index contributed by atoms with van der Waals surface area (Å²) < 4.78 is 1.77. The van der Waals surface area contributed by atoms with Gasteiger partial charge in [0.2, 0.25) is 0 Å². The van der Waals surface area contributed by atoms with Gasteiger partial charge in [0.25, 0.3) is 0 Å². The van der Waals surface area contributed by atoms with Crippen molar-refractivity contribution in [2.75, 3.05) is 0 Å². The van der Waals surface area contributed by atoms with Crippen molar-refractivity contribution in [3.63, 3.8) is 0 Å². The molecule has 0 saturated carbocycles. The van der Waals surface area contributed by atoms with Gasteiger partial charge in [0.15, 0.2) is 0 Å². The van der Waals surface area contributed by atoms with Gasteiger partial charge in [0.1, 0.15) is 0 Å². The summed E-state index contributed by atoms with van der Waals surface area (Å²) in [6.45, 7) is 3.93. The number of rotatable bonds is 5. The van der Waals surface area contributed by atoms with E-state index in [4.69, 9.17) is 0 Å². The SMILES string of the molecule is Cc1cccc(CC(Cc2cc(C)nn2C)C(=O)O)c1. The second-order valence-electron chi connectivity index (χ2n) is 5.33. The Morgan fingerprint density at radius 1 is 1.30 bits per heavy atom. The summed E-state index contributed by atoms with van der Waals surface area (Å²) in [5.74, 6) is -1.18. The molecule has 0 aliphatic carbocycles. The molecule has 2 rings (SSSR count). The highest BCUT2D eigenvalue weighted by Crippen LogP contribution is 2.16. The maximum absolute atomic E-state index is 11.5. The first-order chi connectivity index (χ1) is 9.45. The van der Waals surface area contributed by atoms with Gasteiger partial charge in [0.05, 0.1) is 11.6 Å². The summed E-state index contributed by atoms with van der Waals surface area (Å²) in [6.07, 6.45) is 1.04. The van der Waals surface area contributed by atoms with Crippen LogP contribution in [0.2, 0.25) is 0 Å². The molecule has 0 fully saturated rings. The lowest BCUT2D eigenvalue weighted by atomic mass is 9.94. The number of hydrogen-bond donors (Lipinski definition) is 1. The number of hydrogen-bond acceptors (Lipinski definition) is 2. The third-order valence-electron chi connectivity index (χ3n) is 3.47. The average Bonchev–Trinajstić information content (AvgIpc) is 2.67. The largest absolute Gasteiger partial charge is 0.481 e. The maximum Gasteiger partial charge on any atom is 0.307 e. The predicted octanol–water partition coefficient (Wildman–Crippen LogP) is 2.52. The van der Waals surface area contributed by atoms with E-state index >= 15 is 0 Å². The van der Waals surface area contributed by atoms with Gasteiger partial charge in [0, 0.05) is 19.2 Å². The first-order valence-corrected chi connectivity index (χ1v) is 6.73. The van der Waals surface area contributed by atoms with Gasteiger partial charge in [-0.05, 0) is 31.9 Å². The van der Waals surface area contributed by atoms with Crippen LogP contribution in [0.25, 0.3) is 0 Å². The smallest absolute Gasteiger partial charge is 0.307 e. The van der Waals surface area contributed by atoms with Crippen molar-refractivity contribution < 1.29 is 9.90 Å². The van der Waals surface area contributed by atoms with Crippen molar-refractivity contribution in [1.29, 1.82) is 0 Å². The average molecular weight is 272 g/mol. The van der Waals surface area contributed by atoms with E-state index in [2.05, 4.69) is 5.10 Å². The molecule has 1 aromatic carbocycles. The highest BCUT2D eigenvalue weighted by Gasteiger charge is 2.20. The van der Waals surface area contributed by atoms with Crippen LogP contribution in [-0.4, -0.2) is 20.9 Å². The maximum atomic E-state index is 11.5. The molecule has 0 spiro atoms. The third kappa shape index (κ3) is 3.47. The number of aromatic nitrogens is 2. The molecule has 0 amide bonds. The zero-order chi connectivity index (χ0) is 14.7. The van der Waals surface area contributed by atoms with Gasteiger partial charge < -0.3 is 5.11 Å². The lowest BCUT2D eigenvalue weighted by molar-refractivity contribution is -0.141. The number of carboxylic acids is 1. The van der Waals surface area contributed by atoms with Crippen LogP contribution in [-0.2, 0) is 24.7 Å². The van der Waals surface area contributed by atoms with Crippen LogP contribution < -0.4 is 0 Å². The Morgan fingerprint density at radius 2 is 2.05 bits per heavy atom.